The molecule has 0 bridgehead atoms. The molecular weight excluding hydrogens is 256 g/mol. The van der Waals surface area contributed by atoms with E-state index < -0.39 is 13.4 Å². The summed E-state index contributed by atoms with van der Waals surface area (Å²) in [4.78, 5) is 0. The fourth-order valence-electron chi connectivity index (χ4n) is 0. The molecule has 0 aliphatic carbocycles. The van der Waals surface area contributed by atoms with Crippen LogP contribution in [0.25, 0.3) is 0 Å². The number of hydrogen-bond donors (Lipinski definition) is 2. The summed E-state index contributed by atoms with van der Waals surface area (Å²) in [6.45, 7) is 0. The van der Waals surface area contributed by atoms with Gasteiger partial charge in [0, 0.05) is 48.9 Å². The van der Waals surface area contributed by atoms with Gasteiger partial charge >= 0.3 is 29.4 Å². The van der Waals surface area contributed by atoms with Crippen LogP contribution in [-0.2, 0) is 21.0 Å². The normalized spacial score (nSPS) is 9.67. The second kappa shape index (κ2) is 3.59. The first-order valence-electron chi connectivity index (χ1n) is 0.647. The van der Waals surface area contributed by atoms with Crippen LogP contribution in [0.1, 0.15) is 0 Å². The molecule has 6 heavy (non-hydrogen) atoms. The summed E-state index contributed by atoms with van der Waals surface area (Å²) < 4.78 is 31.8. The monoisotopic (exact) mass is 259 g/mol. The van der Waals surface area contributed by atoms with Crippen molar-refractivity contribution in [3.63, 3.8) is 0 Å². The molecule has 0 amide bonds. The average molecular weight is 258 g/mol. The predicted molar refractivity (Wildman–Crippen MR) is 11.6 cm³/mol. The van der Waals surface area contributed by atoms with E-state index in [4.69, 9.17) is 16.0 Å². The molecule has 0 aliphatic rings. The quantitative estimate of drug-likeness (QED) is 0.506. The van der Waals surface area contributed by atoms with E-state index in [0.717, 1.165) is 0 Å². The molecule has 6 heteroatoms. The van der Waals surface area contributed by atoms with E-state index in [-0.39, 0.29) is 48.9 Å². The molecule has 0 saturated carbocycles. The van der Waals surface area contributed by atoms with Crippen molar-refractivity contribution < 1.29 is 29.4 Å². The van der Waals surface area contributed by atoms with Crippen molar-refractivity contribution in [2.24, 2.45) is 0 Å². The molecule has 2 radical (unpaired) electrons. The molecule has 0 aromatic rings. The third-order valence-electron chi connectivity index (χ3n) is 0. The van der Waals surface area contributed by atoms with E-state index in [1.807, 2.05) is 0 Å². The SMILES string of the molecule is [Ba].[O]=[Mn](=[O])([OH])[OH]. The minimum absolute atomic E-state index is 0. The Labute approximate surface area is 76.9 Å². The Balaban J connectivity index is 0. The molecule has 0 fully saturated rings. The van der Waals surface area contributed by atoms with E-state index >= 15 is 0 Å². The molecule has 0 spiro atoms. The summed E-state index contributed by atoms with van der Waals surface area (Å²) in [5, 5.41) is 0. The molecule has 0 saturated heterocycles. The maximum atomic E-state index is 8.80. The Morgan fingerprint density at radius 3 is 1.17 bits per heavy atom. The summed E-state index contributed by atoms with van der Waals surface area (Å²) in [7, 11) is 0. The molecule has 0 aromatic carbocycles. The van der Waals surface area contributed by atoms with Crippen LogP contribution < -0.4 is 0 Å². The van der Waals surface area contributed by atoms with Gasteiger partial charge in [-0.15, -0.1) is 0 Å². The van der Waals surface area contributed by atoms with Crippen LogP contribution in [0.3, 0.4) is 0 Å². The van der Waals surface area contributed by atoms with Gasteiger partial charge in [0.2, 0.25) is 0 Å². The van der Waals surface area contributed by atoms with Gasteiger partial charge in [-0.1, -0.05) is 0 Å². The van der Waals surface area contributed by atoms with Crippen molar-refractivity contribution in [1.29, 1.82) is 0 Å². The Hall–Kier alpha value is 1.61. The Kier molecular flexibility index (Phi) is 6.33. The first-order valence-corrected chi connectivity index (χ1v) is 2.67. The molecule has 0 unspecified atom stereocenters. The average Bonchev–Trinajstić information content (AvgIpc) is 0.722. The van der Waals surface area contributed by atoms with Gasteiger partial charge in [-0.05, 0) is 0 Å². The van der Waals surface area contributed by atoms with Crippen LogP contribution >= 0.6 is 0 Å². The summed E-state index contributed by atoms with van der Waals surface area (Å²) in [6.07, 6.45) is 0. The van der Waals surface area contributed by atoms with Crippen LogP contribution in [0.5, 0.6) is 0 Å². The summed E-state index contributed by atoms with van der Waals surface area (Å²) in [5.41, 5.74) is 0. The van der Waals surface area contributed by atoms with Crippen LogP contribution in [-0.4, -0.2) is 57.3 Å². The minimum atomic E-state index is -5.12. The van der Waals surface area contributed by atoms with Crippen molar-refractivity contribution in [3.8, 4) is 0 Å². The molecule has 0 aromatic heterocycles. The second-order valence-electron chi connectivity index (χ2n) is 0.415. The Morgan fingerprint density at radius 1 is 1.17 bits per heavy atom. The van der Waals surface area contributed by atoms with Gasteiger partial charge < -0.3 is 0 Å². The molecule has 0 heterocycles. The standard InChI is InChI=1S/Ba.Mn.2H2O.2O/h;;2*1H2;;/q;+2;;;;/p-2. The van der Waals surface area contributed by atoms with E-state index in [2.05, 4.69) is 0 Å². The van der Waals surface area contributed by atoms with Crippen LogP contribution in [0, 0.1) is 0 Å². The van der Waals surface area contributed by atoms with Crippen LogP contribution in [0.4, 0.5) is 0 Å². The van der Waals surface area contributed by atoms with Crippen molar-refractivity contribution in [3.05, 3.63) is 0 Å². The summed E-state index contributed by atoms with van der Waals surface area (Å²) >= 11 is -5.12. The Bertz CT molecular complexity index is 90.7. The fraction of sp³-hybridized carbons (Fsp3) is 0. The first kappa shape index (κ1) is 10.6. The number of hydrogen-bond acceptors (Lipinski definition) is 2. The van der Waals surface area contributed by atoms with Crippen molar-refractivity contribution in [2.45, 2.75) is 0 Å². The van der Waals surface area contributed by atoms with Gasteiger partial charge in [-0.2, -0.15) is 0 Å². The van der Waals surface area contributed by atoms with E-state index in [1.165, 1.54) is 0 Å². The van der Waals surface area contributed by atoms with Gasteiger partial charge in [0.25, 0.3) is 0 Å². The molecular formula is H2BaMnO4. The molecule has 0 aliphatic heterocycles. The van der Waals surface area contributed by atoms with Crippen molar-refractivity contribution in [2.75, 3.05) is 0 Å². The molecule has 0 rings (SSSR count). The van der Waals surface area contributed by atoms with Crippen LogP contribution in [0.2, 0.25) is 0 Å². The van der Waals surface area contributed by atoms with E-state index in [0.29, 0.717) is 0 Å². The maximum absolute atomic E-state index is 8.80. The second-order valence-corrected chi connectivity index (χ2v) is 1.71. The number of rotatable bonds is 0. The van der Waals surface area contributed by atoms with Gasteiger partial charge in [0.05, 0.1) is 0 Å². The van der Waals surface area contributed by atoms with Gasteiger partial charge in [0.15, 0.2) is 0 Å². The first-order chi connectivity index (χ1) is 2.00. The van der Waals surface area contributed by atoms with E-state index in [9.17, 15) is 0 Å². The van der Waals surface area contributed by atoms with Gasteiger partial charge in [-0.3, -0.25) is 0 Å². The summed E-state index contributed by atoms with van der Waals surface area (Å²) in [5.74, 6) is 0. The van der Waals surface area contributed by atoms with Crippen molar-refractivity contribution >= 4 is 48.9 Å². The third kappa shape index (κ3) is 46.0. The predicted octanol–water partition coefficient (Wildman–Crippen LogP) is -1.73. The fourth-order valence-corrected chi connectivity index (χ4v) is 0. The molecule has 35 valence electrons. The molecule has 4 nitrogen and oxygen atoms in total. The zero-order valence-electron chi connectivity index (χ0n) is 2.80. The van der Waals surface area contributed by atoms with Crippen LogP contribution in [0.15, 0.2) is 0 Å². The molecule has 0 atom stereocenters. The van der Waals surface area contributed by atoms with Gasteiger partial charge in [-0.25, -0.2) is 0 Å². The topological polar surface area (TPSA) is 74.6 Å². The van der Waals surface area contributed by atoms with Gasteiger partial charge in [0.1, 0.15) is 0 Å². The third-order valence-corrected chi connectivity index (χ3v) is 0. The zero-order valence-corrected chi connectivity index (χ0v) is 8.42. The zero-order chi connectivity index (χ0) is 4.50. The van der Waals surface area contributed by atoms with Crippen molar-refractivity contribution in [1.82, 2.24) is 0 Å². The Morgan fingerprint density at radius 2 is 1.17 bits per heavy atom. The molecule has 2 N–H and O–H groups in total. The summed E-state index contributed by atoms with van der Waals surface area (Å²) in [6, 6.07) is 0. The van der Waals surface area contributed by atoms with E-state index in [1.54, 1.807) is 0 Å².